The second-order valence-corrected chi connectivity index (χ2v) is 7.19. The Balaban J connectivity index is 2.32. The van der Waals surface area contributed by atoms with Gasteiger partial charge in [0.1, 0.15) is 5.82 Å². The fourth-order valence-electron chi connectivity index (χ4n) is 2.45. The molecule has 0 fully saturated rings. The molecule has 0 radical (unpaired) electrons. The average Bonchev–Trinajstić information content (AvgIpc) is 2.77. The Hall–Kier alpha value is -2.21. The van der Waals surface area contributed by atoms with Crippen LogP contribution in [-0.4, -0.2) is 17.4 Å². The monoisotopic (exact) mass is 318 g/mol. The van der Waals surface area contributed by atoms with Crippen molar-refractivity contribution >= 4 is 21.1 Å². The number of hydrogen-bond acceptors (Lipinski definition) is 3. The normalized spacial score (nSPS) is 12.0. The van der Waals surface area contributed by atoms with Gasteiger partial charge in [-0.1, -0.05) is 17.7 Å². The molecule has 22 heavy (non-hydrogen) atoms. The zero-order valence-electron chi connectivity index (χ0n) is 12.5. The zero-order chi connectivity index (χ0) is 16.1. The second kappa shape index (κ2) is 4.91. The van der Waals surface area contributed by atoms with E-state index in [1.165, 1.54) is 24.4 Å². The summed E-state index contributed by atoms with van der Waals surface area (Å²) in [5.41, 5.74) is 2.06. The number of nitrogens with zero attached hydrogens (tertiary/aromatic N) is 2. The van der Waals surface area contributed by atoms with Crippen LogP contribution < -0.4 is 0 Å². The summed E-state index contributed by atoms with van der Waals surface area (Å²) in [7, 11) is -3.81. The second-order valence-electron chi connectivity index (χ2n) is 5.37. The van der Waals surface area contributed by atoms with E-state index in [-0.39, 0.29) is 15.9 Å². The summed E-state index contributed by atoms with van der Waals surface area (Å²) in [6.45, 7) is 5.18. The Morgan fingerprint density at radius 1 is 1.09 bits per heavy atom. The number of fused-ring (bicyclic) bond motifs is 1. The van der Waals surface area contributed by atoms with Crippen LogP contribution in [0.4, 0.5) is 4.39 Å². The molecule has 0 amide bonds. The maximum atomic E-state index is 14.1. The van der Waals surface area contributed by atoms with Gasteiger partial charge in [0.2, 0.25) is 0 Å². The molecule has 3 aromatic rings. The van der Waals surface area contributed by atoms with Gasteiger partial charge in [0, 0.05) is 11.9 Å². The van der Waals surface area contributed by atoms with Crippen molar-refractivity contribution in [3.8, 4) is 0 Å². The first-order valence-electron chi connectivity index (χ1n) is 6.78. The summed E-state index contributed by atoms with van der Waals surface area (Å²) in [6.07, 6.45) is 1.41. The number of benzene rings is 1. The number of rotatable bonds is 2. The Morgan fingerprint density at radius 2 is 1.73 bits per heavy atom. The highest BCUT2D eigenvalue weighted by molar-refractivity contribution is 7.90. The predicted octanol–water partition coefficient (Wildman–Crippen LogP) is 3.34. The first-order valence-corrected chi connectivity index (χ1v) is 8.22. The quantitative estimate of drug-likeness (QED) is 0.728. The minimum Gasteiger partial charge on any atom is -0.234 e. The predicted molar refractivity (Wildman–Crippen MR) is 82.9 cm³/mol. The average molecular weight is 318 g/mol. The highest BCUT2D eigenvalue weighted by Gasteiger charge is 2.22. The van der Waals surface area contributed by atoms with E-state index >= 15 is 0 Å². The summed E-state index contributed by atoms with van der Waals surface area (Å²) in [5.74, 6) is -0.460. The van der Waals surface area contributed by atoms with E-state index in [0.29, 0.717) is 11.3 Å². The van der Waals surface area contributed by atoms with Gasteiger partial charge in [-0.2, -0.15) is 0 Å². The van der Waals surface area contributed by atoms with Gasteiger partial charge in [-0.25, -0.2) is 21.8 Å². The zero-order valence-corrected chi connectivity index (χ0v) is 13.3. The maximum absolute atomic E-state index is 14.1. The van der Waals surface area contributed by atoms with Gasteiger partial charge >= 0.3 is 0 Å². The SMILES string of the molecule is Cc1ccc(S(=O)(=O)n2cc(C)c3c(F)cc(C)nc32)cc1. The van der Waals surface area contributed by atoms with E-state index in [4.69, 9.17) is 0 Å². The van der Waals surface area contributed by atoms with Gasteiger partial charge in [0.05, 0.1) is 10.3 Å². The van der Waals surface area contributed by atoms with Crippen LogP contribution >= 0.6 is 0 Å². The fraction of sp³-hybridized carbons (Fsp3) is 0.188. The van der Waals surface area contributed by atoms with Crippen LogP contribution in [0.1, 0.15) is 16.8 Å². The van der Waals surface area contributed by atoms with Gasteiger partial charge in [-0.05, 0) is 44.5 Å². The molecule has 0 atom stereocenters. The molecular formula is C16H15FN2O2S. The maximum Gasteiger partial charge on any atom is 0.269 e. The van der Waals surface area contributed by atoms with Crippen molar-refractivity contribution in [3.63, 3.8) is 0 Å². The first kappa shape index (κ1) is 14.7. The molecule has 0 bridgehead atoms. The van der Waals surface area contributed by atoms with E-state index < -0.39 is 15.8 Å². The van der Waals surface area contributed by atoms with E-state index in [0.717, 1.165) is 9.54 Å². The highest BCUT2D eigenvalue weighted by atomic mass is 32.2. The Bertz CT molecular complexity index is 974. The minimum atomic E-state index is -3.81. The van der Waals surface area contributed by atoms with E-state index in [1.807, 2.05) is 6.92 Å². The summed E-state index contributed by atoms with van der Waals surface area (Å²) in [5, 5.41) is 0.237. The molecule has 2 heterocycles. The molecule has 6 heteroatoms. The number of pyridine rings is 1. The van der Waals surface area contributed by atoms with Crippen LogP contribution in [0.5, 0.6) is 0 Å². The van der Waals surface area contributed by atoms with Crippen molar-refractivity contribution in [1.29, 1.82) is 0 Å². The number of aryl methyl sites for hydroxylation is 3. The Morgan fingerprint density at radius 3 is 2.36 bits per heavy atom. The molecule has 0 saturated carbocycles. The summed E-state index contributed by atoms with van der Waals surface area (Å²) in [4.78, 5) is 4.36. The van der Waals surface area contributed by atoms with Gasteiger partial charge in [-0.15, -0.1) is 0 Å². The van der Waals surface area contributed by atoms with E-state index in [2.05, 4.69) is 4.98 Å². The number of halogens is 1. The van der Waals surface area contributed by atoms with Crippen molar-refractivity contribution in [2.75, 3.05) is 0 Å². The van der Waals surface area contributed by atoms with Crippen molar-refractivity contribution < 1.29 is 12.8 Å². The smallest absolute Gasteiger partial charge is 0.234 e. The number of hydrogen-bond donors (Lipinski definition) is 0. The summed E-state index contributed by atoms with van der Waals surface area (Å²) >= 11 is 0. The molecule has 4 nitrogen and oxygen atoms in total. The van der Waals surface area contributed by atoms with Crippen LogP contribution in [0.3, 0.4) is 0 Å². The molecular weight excluding hydrogens is 303 g/mol. The van der Waals surface area contributed by atoms with Gasteiger partial charge in [-0.3, -0.25) is 0 Å². The van der Waals surface area contributed by atoms with Crippen LogP contribution in [-0.2, 0) is 10.0 Å². The van der Waals surface area contributed by atoms with Crippen LogP contribution in [0.25, 0.3) is 11.0 Å². The molecule has 114 valence electrons. The lowest BCUT2D eigenvalue weighted by molar-refractivity contribution is 0.588. The van der Waals surface area contributed by atoms with Crippen LogP contribution in [0.2, 0.25) is 0 Å². The number of aromatic nitrogens is 2. The lowest BCUT2D eigenvalue weighted by atomic mass is 10.2. The van der Waals surface area contributed by atoms with E-state index in [9.17, 15) is 12.8 Å². The third kappa shape index (κ3) is 2.20. The third-order valence-electron chi connectivity index (χ3n) is 3.57. The van der Waals surface area contributed by atoms with Gasteiger partial charge in [0.15, 0.2) is 5.65 Å². The molecule has 0 N–H and O–H groups in total. The molecule has 0 saturated heterocycles. The van der Waals surface area contributed by atoms with Crippen LogP contribution in [0.15, 0.2) is 41.4 Å². The van der Waals surface area contributed by atoms with Gasteiger partial charge in [0.25, 0.3) is 10.0 Å². The lowest BCUT2D eigenvalue weighted by Crippen LogP contribution is -2.12. The minimum absolute atomic E-state index is 0.121. The van der Waals surface area contributed by atoms with Crippen molar-refractivity contribution in [3.05, 3.63) is 59.2 Å². The molecule has 2 aromatic heterocycles. The van der Waals surface area contributed by atoms with Crippen molar-refractivity contribution in [2.24, 2.45) is 0 Å². The molecule has 0 spiro atoms. The lowest BCUT2D eigenvalue weighted by Gasteiger charge is -2.07. The Kier molecular flexibility index (Phi) is 3.29. The summed E-state index contributed by atoms with van der Waals surface area (Å²) < 4.78 is 40.8. The molecule has 0 aliphatic carbocycles. The first-order chi connectivity index (χ1) is 10.3. The molecule has 0 aliphatic rings. The topological polar surface area (TPSA) is 52.0 Å². The van der Waals surface area contributed by atoms with Crippen molar-refractivity contribution in [2.45, 2.75) is 25.7 Å². The standard InChI is InChI=1S/C16H15FN2O2S/c1-10-4-6-13(7-5-10)22(20,21)19-9-11(2)15-14(17)8-12(3)18-16(15)19/h4-9H,1-3H3. The van der Waals surface area contributed by atoms with Crippen LogP contribution in [0, 0.1) is 26.6 Å². The van der Waals surface area contributed by atoms with Crippen molar-refractivity contribution in [1.82, 2.24) is 8.96 Å². The molecule has 0 unspecified atom stereocenters. The molecule has 0 aliphatic heterocycles. The third-order valence-corrected chi connectivity index (χ3v) is 5.24. The fourth-order valence-corrected chi connectivity index (χ4v) is 3.81. The highest BCUT2D eigenvalue weighted by Crippen LogP contribution is 2.26. The largest absolute Gasteiger partial charge is 0.269 e. The Labute approximate surface area is 128 Å². The summed E-state index contributed by atoms with van der Waals surface area (Å²) in [6, 6.07) is 7.84. The van der Waals surface area contributed by atoms with Gasteiger partial charge < -0.3 is 0 Å². The molecule has 3 rings (SSSR count). The van der Waals surface area contributed by atoms with E-state index in [1.54, 1.807) is 26.0 Å². The molecule has 1 aromatic carbocycles.